The Balaban J connectivity index is 1.30. The normalized spacial score (nSPS) is 22.2. The van der Waals surface area contributed by atoms with Gasteiger partial charge in [0, 0.05) is 32.5 Å². The van der Waals surface area contributed by atoms with Crippen LogP contribution in [0.4, 0.5) is 0 Å². The van der Waals surface area contributed by atoms with E-state index >= 15 is 0 Å². The molecule has 130 valence electrons. The summed E-state index contributed by atoms with van der Waals surface area (Å²) in [5.41, 5.74) is 0. The molecule has 0 bridgehead atoms. The molecule has 0 aromatic carbocycles. The van der Waals surface area contributed by atoms with Gasteiger partial charge < -0.3 is 14.4 Å². The summed E-state index contributed by atoms with van der Waals surface area (Å²) in [6, 6.07) is 0.466. The van der Waals surface area contributed by atoms with Gasteiger partial charge in [0.25, 0.3) is 0 Å². The molecular formula is C16H25N7O. The Kier molecular flexibility index (Phi) is 4.32. The minimum Gasteiger partial charge on any atom is -0.340 e. The SMILES string of the molecule is Cc1nc(CN2CCC[C@H](NCc3nnc(C4CC4)n3C)C2)no1. The number of nitrogens with zero attached hydrogens (tertiary/aromatic N) is 6. The average Bonchev–Trinajstić information content (AvgIpc) is 3.24. The van der Waals surface area contributed by atoms with Gasteiger partial charge in [-0.1, -0.05) is 5.16 Å². The topological polar surface area (TPSA) is 84.9 Å². The highest BCUT2D eigenvalue weighted by atomic mass is 16.5. The second-order valence-corrected chi connectivity index (χ2v) is 6.99. The summed E-state index contributed by atoms with van der Waals surface area (Å²) >= 11 is 0. The van der Waals surface area contributed by atoms with Crippen molar-refractivity contribution in [1.29, 1.82) is 0 Å². The van der Waals surface area contributed by atoms with Crippen LogP contribution >= 0.6 is 0 Å². The lowest BCUT2D eigenvalue weighted by Gasteiger charge is -2.32. The first-order valence-corrected chi connectivity index (χ1v) is 8.82. The smallest absolute Gasteiger partial charge is 0.223 e. The van der Waals surface area contributed by atoms with E-state index in [1.807, 2.05) is 6.92 Å². The summed E-state index contributed by atoms with van der Waals surface area (Å²) in [5, 5.41) is 16.3. The highest BCUT2D eigenvalue weighted by Crippen LogP contribution is 2.38. The Morgan fingerprint density at radius 2 is 2.12 bits per heavy atom. The van der Waals surface area contributed by atoms with E-state index in [0.29, 0.717) is 17.9 Å². The van der Waals surface area contributed by atoms with Crippen molar-refractivity contribution in [3.63, 3.8) is 0 Å². The van der Waals surface area contributed by atoms with E-state index in [2.05, 4.69) is 42.2 Å². The van der Waals surface area contributed by atoms with E-state index in [0.717, 1.165) is 43.7 Å². The number of piperidine rings is 1. The molecule has 1 aliphatic heterocycles. The molecule has 0 radical (unpaired) electrons. The van der Waals surface area contributed by atoms with Gasteiger partial charge in [-0.15, -0.1) is 10.2 Å². The third-order valence-corrected chi connectivity index (χ3v) is 4.93. The Labute approximate surface area is 141 Å². The summed E-state index contributed by atoms with van der Waals surface area (Å²) in [4.78, 5) is 6.69. The molecule has 2 aromatic rings. The van der Waals surface area contributed by atoms with Crippen molar-refractivity contribution in [2.75, 3.05) is 13.1 Å². The maximum absolute atomic E-state index is 5.06. The van der Waals surface area contributed by atoms with Crippen LogP contribution in [0.25, 0.3) is 0 Å². The van der Waals surface area contributed by atoms with Crippen molar-refractivity contribution in [2.24, 2.45) is 7.05 Å². The van der Waals surface area contributed by atoms with Gasteiger partial charge in [-0.25, -0.2) is 0 Å². The molecule has 4 rings (SSSR count). The van der Waals surface area contributed by atoms with Gasteiger partial charge in [0.05, 0.1) is 13.1 Å². The molecule has 3 heterocycles. The second-order valence-electron chi connectivity index (χ2n) is 6.99. The summed E-state index contributed by atoms with van der Waals surface area (Å²) in [7, 11) is 2.08. The van der Waals surface area contributed by atoms with Crippen LogP contribution in [-0.2, 0) is 20.1 Å². The lowest BCUT2D eigenvalue weighted by molar-refractivity contribution is 0.176. The molecule has 8 heteroatoms. The van der Waals surface area contributed by atoms with Crippen molar-refractivity contribution in [2.45, 2.75) is 57.7 Å². The van der Waals surface area contributed by atoms with E-state index in [1.54, 1.807) is 0 Å². The molecule has 2 aliphatic rings. The van der Waals surface area contributed by atoms with E-state index in [4.69, 9.17) is 4.52 Å². The van der Waals surface area contributed by atoms with Crippen LogP contribution in [0, 0.1) is 6.92 Å². The van der Waals surface area contributed by atoms with Crippen LogP contribution in [0.2, 0.25) is 0 Å². The lowest BCUT2D eigenvalue weighted by Crippen LogP contribution is -2.45. The zero-order valence-electron chi connectivity index (χ0n) is 14.4. The number of nitrogens with one attached hydrogen (secondary N) is 1. The molecule has 1 atom stereocenters. The van der Waals surface area contributed by atoms with E-state index < -0.39 is 0 Å². The number of hydrogen-bond donors (Lipinski definition) is 1. The third-order valence-electron chi connectivity index (χ3n) is 4.93. The quantitative estimate of drug-likeness (QED) is 0.849. The molecular weight excluding hydrogens is 306 g/mol. The summed E-state index contributed by atoms with van der Waals surface area (Å²) in [6.45, 7) is 5.44. The fourth-order valence-corrected chi connectivity index (χ4v) is 3.43. The first kappa shape index (κ1) is 15.7. The molecule has 24 heavy (non-hydrogen) atoms. The lowest BCUT2D eigenvalue weighted by atomic mass is 10.1. The van der Waals surface area contributed by atoms with Crippen LogP contribution in [0.1, 0.15) is 55.0 Å². The molecule has 0 amide bonds. The van der Waals surface area contributed by atoms with Crippen molar-refractivity contribution >= 4 is 0 Å². The van der Waals surface area contributed by atoms with Gasteiger partial charge in [0.2, 0.25) is 5.89 Å². The minimum absolute atomic E-state index is 0.466. The van der Waals surface area contributed by atoms with Crippen LogP contribution in [0.15, 0.2) is 4.52 Å². The standard InChI is InChI=1S/C16H25N7O/c1-11-18-14(21-24-11)10-23-7-3-4-13(9-23)17-8-15-19-20-16(22(15)2)12-5-6-12/h12-13,17H,3-10H2,1-2H3/t13-/m0/s1. The molecule has 1 aliphatic carbocycles. The van der Waals surface area contributed by atoms with Gasteiger partial charge in [-0.2, -0.15) is 4.98 Å². The van der Waals surface area contributed by atoms with Gasteiger partial charge in [-0.05, 0) is 32.2 Å². The van der Waals surface area contributed by atoms with Crippen molar-refractivity contribution < 1.29 is 4.52 Å². The second kappa shape index (κ2) is 6.60. The van der Waals surface area contributed by atoms with E-state index in [-0.39, 0.29) is 0 Å². The highest BCUT2D eigenvalue weighted by Gasteiger charge is 2.29. The number of rotatable bonds is 6. The van der Waals surface area contributed by atoms with Crippen LogP contribution in [0.3, 0.4) is 0 Å². The Morgan fingerprint density at radius 1 is 1.25 bits per heavy atom. The van der Waals surface area contributed by atoms with Crippen LogP contribution < -0.4 is 5.32 Å². The number of aromatic nitrogens is 5. The summed E-state index contributed by atoms with van der Waals surface area (Å²) in [5.74, 6) is 4.22. The average molecular weight is 331 g/mol. The fourth-order valence-electron chi connectivity index (χ4n) is 3.43. The van der Waals surface area contributed by atoms with Gasteiger partial charge in [-0.3, -0.25) is 4.90 Å². The maximum Gasteiger partial charge on any atom is 0.223 e. The molecule has 1 saturated carbocycles. The molecule has 1 N–H and O–H groups in total. The molecule has 0 unspecified atom stereocenters. The molecule has 1 saturated heterocycles. The summed E-state index contributed by atoms with van der Waals surface area (Å²) in [6.07, 6.45) is 4.88. The summed E-state index contributed by atoms with van der Waals surface area (Å²) < 4.78 is 7.22. The Bertz CT molecular complexity index is 690. The molecule has 8 nitrogen and oxygen atoms in total. The Morgan fingerprint density at radius 3 is 2.88 bits per heavy atom. The number of hydrogen-bond acceptors (Lipinski definition) is 7. The monoisotopic (exact) mass is 331 g/mol. The predicted molar refractivity (Wildman–Crippen MR) is 87.2 cm³/mol. The molecule has 0 spiro atoms. The van der Waals surface area contributed by atoms with Gasteiger partial charge in [0.15, 0.2) is 5.82 Å². The number of aryl methyl sites for hydroxylation is 1. The number of likely N-dealkylation sites (tertiary alicyclic amines) is 1. The predicted octanol–water partition coefficient (Wildman–Crippen LogP) is 1.14. The van der Waals surface area contributed by atoms with E-state index in [1.165, 1.54) is 25.7 Å². The first-order chi connectivity index (χ1) is 11.7. The maximum atomic E-state index is 5.06. The van der Waals surface area contributed by atoms with Gasteiger partial charge in [0.1, 0.15) is 11.6 Å². The van der Waals surface area contributed by atoms with Crippen molar-refractivity contribution in [3.05, 3.63) is 23.4 Å². The van der Waals surface area contributed by atoms with Crippen molar-refractivity contribution in [1.82, 2.24) is 35.1 Å². The zero-order chi connectivity index (χ0) is 16.5. The third kappa shape index (κ3) is 3.49. The van der Waals surface area contributed by atoms with E-state index in [9.17, 15) is 0 Å². The van der Waals surface area contributed by atoms with Crippen LogP contribution in [-0.4, -0.2) is 48.9 Å². The Hall–Kier alpha value is -1.80. The highest BCUT2D eigenvalue weighted by molar-refractivity contribution is 5.07. The molecule has 2 fully saturated rings. The first-order valence-electron chi connectivity index (χ1n) is 8.82. The largest absolute Gasteiger partial charge is 0.340 e. The fraction of sp³-hybridized carbons (Fsp3) is 0.750. The van der Waals surface area contributed by atoms with Crippen molar-refractivity contribution in [3.8, 4) is 0 Å². The zero-order valence-corrected chi connectivity index (χ0v) is 14.4. The molecule has 2 aromatic heterocycles. The minimum atomic E-state index is 0.466. The van der Waals surface area contributed by atoms with Crippen LogP contribution in [0.5, 0.6) is 0 Å². The van der Waals surface area contributed by atoms with Gasteiger partial charge >= 0.3 is 0 Å².